The number of unbranched alkanes of at least 4 members (excludes halogenated alkanes) is 5. The van der Waals surface area contributed by atoms with Crippen LogP contribution in [0.4, 0.5) is 0 Å². The molecule has 0 saturated heterocycles. The summed E-state index contributed by atoms with van der Waals surface area (Å²) in [5.41, 5.74) is 3.97. The maximum absolute atomic E-state index is 5.31. The Bertz CT molecular complexity index is 885. The molecule has 36 heavy (non-hydrogen) atoms. The van der Waals surface area contributed by atoms with Crippen LogP contribution in [0.1, 0.15) is 61.6 Å². The normalized spacial score (nSPS) is 11.5. The van der Waals surface area contributed by atoms with Gasteiger partial charge in [0.25, 0.3) is 0 Å². The predicted molar refractivity (Wildman–Crippen MR) is 154 cm³/mol. The van der Waals surface area contributed by atoms with Crippen LogP contribution in [-0.2, 0) is 9.47 Å². The van der Waals surface area contributed by atoms with E-state index in [4.69, 9.17) is 9.47 Å². The molecule has 0 heterocycles. The Balaban J connectivity index is 0.00000456. The van der Waals surface area contributed by atoms with Crippen LogP contribution < -0.4 is 39.9 Å². The van der Waals surface area contributed by atoms with Gasteiger partial charge in [0.15, 0.2) is 6.29 Å². The van der Waals surface area contributed by atoms with Gasteiger partial charge < -0.3 is 33.5 Å². The zero-order valence-corrected chi connectivity index (χ0v) is 25.9. The van der Waals surface area contributed by atoms with E-state index in [-0.39, 0.29) is 30.3 Å². The van der Waals surface area contributed by atoms with Crippen molar-refractivity contribution in [1.29, 1.82) is 0 Å². The number of methoxy groups -OCH3 is 2. The second-order valence-electron chi connectivity index (χ2n) is 9.85. The number of hydrogen-bond donors (Lipinski definition) is 0. The van der Waals surface area contributed by atoms with E-state index < -0.39 is 7.26 Å². The Morgan fingerprint density at radius 3 is 1.22 bits per heavy atom. The Morgan fingerprint density at radius 2 is 0.861 bits per heavy atom. The lowest BCUT2D eigenvalue weighted by Gasteiger charge is -2.28. The van der Waals surface area contributed by atoms with Gasteiger partial charge in [-0.15, -0.1) is 0 Å². The van der Waals surface area contributed by atoms with Gasteiger partial charge in [-0.3, -0.25) is 0 Å². The van der Waals surface area contributed by atoms with Gasteiger partial charge in [0.1, 0.15) is 23.2 Å². The van der Waals surface area contributed by atoms with Crippen molar-refractivity contribution in [3.05, 3.63) is 89.5 Å². The summed E-state index contributed by atoms with van der Waals surface area (Å²) in [6.45, 7) is 6.55. The van der Waals surface area contributed by atoms with Gasteiger partial charge in [0, 0.05) is 14.2 Å². The van der Waals surface area contributed by atoms with E-state index in [1.165, 1.54) is 77.3 Å². The molecule has 3 aromatic carbocycles. The van der Waals surface area contributed by atoms with Crippen molar-refractivity contribution in [1.82, 2.24) is 0 Å². The van der Waals surface area contributed by atoms with Gasteiger partial charge in [-0.1, -0.05) is 72.4 Å². The van der Waals surface area contributed by atoms with E-state index in [1.807, 2.05) is 0 Å². The van der Waals surface area contributed by atoms with Crippen LogP contribution in [0.25, 0.3) is 0 Å². The van der Waals surface area contributed by atoms with Gasteiger partial charge in [0.05, 0.1) is 6.16 Å². The maximum atomic E-state index is 5.31. The molecule has 0 aliphatic carbocycles. The molecule has 0 N–H and O–H groups in total. The van der Waals surface area contributed by atoms with Crippen molar-refractivity contribution in [3.8, 4) is 0 Å². The van der Waals surface area contributed by atoms with Crippen LogP contribution in [0.2, 0.25) is 0 Å². The Morgan fingerprint density at radius 1 is 0.528 bits per heavy atom. The highest BCUT2D eigenvalue weighted by Gasteiger charge is 2.44. The van der Waals surface area contributed by atoms with E-state index in [2.05, 4.69) is 93.6 Å². The molecule has 0 atom stereocenters. The Hall–Kier alpha value is -1.26. The Labute approximate surface area is 237 Å². The van der Waals surface area contributed by atoms with E-state index in [1.54, 1.807) is 14.2 Å². The molecule has 2 nitrogen and oxygen atoms in total. The van der Waals surface area contributed by atoms with Crippen molar-refractivity contribution in [3.63, 3.8) is 0 Å². The van der Waals surface area contributed by atoms with E-state index >= 15 is 0 Å². The molecule has 196 valence electrons. The standard InChI is InChI=1S/C32H44O2P.HI/c1-26-13-19-29(20-14-26)35(30-21-15-27(2)16-22-30,31-23-17-28(3)18-24-31)25-11-9-7-6-8-10-12-32(33-4)34-5;/h13-24,32H,6-12,25H2,1-5H3;1H/q+1;/p-1. The zero-order valence-electron chi connectivity index (χ0n) is 22.8. The summed E-state index contributed by atoms with van der Waals surface area (Å²) in [6.07, 6.45) is 9.67. The molecule has 3 rings (SSSR count). The first-order chi connectivity index (χ1) is 17.0. The van der Waals surface area contributed by atoms with Crippen molar-refractivity contribution in [2.24, 2.45) is 0 Å². The number of benzene rings is 3. The fourth-order valence-electron chi connectivity index (χ4n) is 4.93. The third-order valence-electron chi connectivity index (χ3n) is 7.13. The minimum Gasteiger partial charge on any atom is -1.00 e. The topological polar surface area (TPSA) is 18.5 Å². The molecule has 0 aromatic heterocycles. The molecule has 0 bridgehead atoms. The summed E-state index contributed by atoms with van der Waals surface area (Å²) in [5.74, 6) is 0. The lowest BCUT2D eigenvalue weighted by Crippen LogP contribution is -3.00. The molecule has 4 heteroatoms. The summed E-state index contributed by atoms with van der Waals surface area (Å²) in [4.78, 5) is 0. The molecule has 0 aliphatic heterocycles. The van der Waals surface area contributed by atoms with Crippen molar-refractivity contribution >= 4 is 23.2 Å². The number of aryl methyl sites for hydroxylation is 3. The van der Waals surface area contributed by atoms with Crippen molar-refractivity contribution in [2.75, 3.05) is 20.4 Å². The Kier molecular flexibility index (Phi) is 13.6. The predicted octanol–water partition coefficient (Wildman–Crippen LogP) is 4.26. The third kappa shape index (κ3) is 8.38. The van der Waals surface area contributed by atoms with Crippen molar-refractivity contribution < 1.29 is 33.5 Å². The zero-order chi connectivity index (χ0) is 25.1. The van der Waals surface area contributed by atoms with Crippen LogP contribution in [0.3, 0.4) is 0 Å². The lowest BCUT2D eigenvalue weighted by molar-refractivity contribution is -0.107. The average Bonchev–Trinajstić information content (AvgIpc) is 2.87. The molecule has 0 fully saturated rings. The van der Waals surface area contributed by atoms with Crippen molar-refractivity contribution in [2.45, 2.75) is 72.0 Å². The average molecular weight is 619 g/mol. The fourth-order valence-corrected chi connectivity index (χ4v) is 9.27. The van der Waals surface area contributed by atoms with Gasteiger partial charge in [-0.25, -0.2) is 0 Å². The molecule has 0 amide bonds. The number of halogens is 1. The fraction of sp³-hybridized carbons (Fsp3) is 0.438. The molecule has 3 aromatic rings. The summed E-state index contributed by atoms with van der Waals surface area (Å²) >= 11 is 0. The highest BCUT2D eigenvalue weighted by molar-refractivity contribution is 7.95. The van der Waals surface area contributed by atoms with Crippen LogP contribution in [-0.4, -0.2) is 26.7 Å². The second-order valence-corrected chi connectivity index (χ2v) is 13.5. The van der Waals surface area contributed by atoms with Crippen LogP contribution >= 0.6 is 7.26 Å². The van der Waals surface area contributed by atoms with Crippen LogP contribution in [0, 0.1) is 20.8 Å². The monoisotopic (exact) mass is 618 g/mol. The van der Waals surface area contributed by atoms with Gasteiger partial charge in [-0.2, -0.15) is 0 Å². The first-order valence-corrected chi connectivity index (χ1v) is 15.1. The number of hydrogen-bond acceptors (Lipinski definition) is 2. The molecule has 0 spiro atoms. The summed E-state index contributed by atoms with van der Waals surface area (Å²) in [6, 6.07) is 28.1. The second kappa shape index (κ2) is 15.9. The smallest absolute Gasteiger partial charge is 0.156 e. The van der Waals surface area contributed by atoms with E-state index in [0.717, 1.165) is 6.42 Å². The number of ether oxygens (including phenoxy) is 2. The van der Waals surface area contributed by atoms with Crippen LogP contribution in [0.15, 0.2) is 72.8 Å². The SMILES string of the molecule is COC(CCCCCCCC[P+](c1ccc(C)cc1)(c1ccc(C)cc1)c1ccc(C)cc1)OC.[I-]. The quantitative estimate of drug-likeness (QED) is 0.116. The molecule has 0 radical (unpaired) electrons. The minimum absolute atomic E-state index is 0. The molecule has 0 aliphatic rings. The van der Waals surface area contributed by atoms with E-state index in [0.29, 0.717) is 0 Å². The highest BCUT2D eigenvalue weighted by atomic mass is 127. The maximum Gasteiger partial charge on any atom is 0.156 e. The summed E-state index contributed by atoms with van der Waals surface area (Å²) < 4.78 is 10.6. The third-order valence-corrected chi connectivity index (χ3v) is 11.7. The van der Waals surface area contributed by atoms with E-state index in [9.17, 15) is 0 Å². The van der Waals surface area contributed by atoms with Gasteiger partial charge in [0.2, 0.25) is 0 Å². The van der Waals surface area contributed by atoms with Gasteiger partial charge in [-0.05, 0) is 82.9 Å². The molecular weight excluding hydrogens is 574 g/mol. The summed E-state index contributed by atoms with van der Waals surface area (Å²) in [5, 5.41) is 4.50. The molecule has 0 saturated carbocycles. The molecule has 0 unspecified atom stereocenters. The highest BCUT2D eigenvalue weighted by Crippen LogP contribution is 2.56. The first kappa shape index (κ1) is 31.0. The van der Waals surface area contributed by atoms with Crippen LogP contribution in [0.5, 0.6) is 0 Å². The summed E-state index contributed by atoms with van der Waals surface area (Å²) in [7, 11) is 1.72. The van der Waals surface area contributed by atoms with Gasteiger partial charge >= 0.3 is 0 Å². The largest absolute Gasteiger partial charge is 1.00 e. The number of rotatable bonds is 14. The first-order valence-electron chi connectivity index (χ1n) is 13.1. The molecular formula is C32H44IO2P. The lowest BCUT2D eigenvalue weighted by atomic mass is 10.1. The minimum atomic E-state index is -1.73.